The van der Waals surface area contributed by atoms with Crippen LogP contribution in [-0.2, 0) is 0 Å². The molecule has 20 heavy (non-hydrogen) atoms. The van der Waals surface area contributed by atoms with Crippen LogP contribution in [0.15, 0.2) is 18.2 Å². The van der Waals surface area contributed by atoms with E-state index < -0.39 is 0 Å². The maximum absolute atomic E-state index is 9.31. The number of hydrogen-bond donors (Lipinski definition) is 0. The highest BCUT2D eigenvalue weighted by molar-refractivity contribution is 6.32. The minimum Gasteiger partial charge on any atom is -0.370 e. The van der Waals surface area contributed by atoms with Crippen LogP contribution in [0.2, 0.25) is 5.02 Å². The quantitative estimate of drug-likeness (QED) is 0.745. The Balaban J connectivity index is 1.75. The van der Waals surface area contributed by atoms with Crippen LogP contribution in [0.1, 0.15) is 50.5 Å². The molecule has 0 radical (unpaired) electrons. The number of nitrogens with zero attached hydrogens (tertiary/aromatic N) is 2. The summed E-state index contributed by atoms with van der Waals surface area (Å²) < 4.78 is 0. The van der Waals surface area contributed by atoms with Crippen molar-refractivity contribution in [3.63, 3.8) is 0 Å². The van der Waals surface area contributed by atoms with E-state index in [-0.39, 0.29) is 0 Å². The standard InChI is InChI=1S/C17H21ClN2/c18-15-5-4-6-16(14(15)13-19)20-11-9-17(10-12-20)7-2-1-3-8-17/h4-6H,1-3,7-12H2. The van der Waals surface area contributed by atoms with Gasteiger partial charge < -0.3 is 4.90 Å². The zero-order valence-corrected chi connectivity index (χ0v) is 12.6. The third-order valence-electron chi connectivity index (χ3n) is 5.18. The fourth-order valence-corrected chi connectivity index (χ4v) is 4.12. The summed E-state index contributed by atoms with van der Waals surface area (Å²) >= 11 is 6.14. The molecular formula is C17H21ClN2. The van der Waals surface area contributed by atoms with Crippen molar-refractivity contribution in [2.24, 2.45) is 5.41 Å². The molecule has 0 amide bonds. The summed E-state index contributed by atoms with van der Waals surface area (Å²) in [5.41, 5.74) is 2.25. The number of halogens is 1. The molecule has 1 spiro atoms. The van der Waals surface area contributed by atoms with E-state index in [9.17, 15) is 5.26 Å². The van der Waals surface area contributed by atoms with Gasteiger partial charge in [-0.3, -0.25) is 0 Å². The van der Waals surface area contributed by atoms with E-state index in [4.69, 9.17) is 11.6 Å². The third-order valence-corrected chi connectivity index (χ3v) is 5.50. The summed E-state index contributed by atoms with van der Waals surface area (Å²) in [6.07, 6.45) is 9.57. The van der Waals surface area contributed by atoms with Gasteiger partial charge in [-0.25, -0.2) is 0 Å². The second-order valence-corrected chi connectivity index (χ2v) is 6.70. The highest BCUT2D eigenvalue weighted by atomic mass is 35.5. The molecule has 1 aromatic rings. The summed E-state index contributed by atoms with van der Waals surface area (Å²) in [6.45, 7) is 2.13. The molecule has 0 atom stereocenters. The van der Waals surface area contributed by atoms with Gasteiger partial charge in [-0.1, -0.05) is 36.9 Å². The van der Waals surface area contributed by atoms with Crippen LogP contribution in [0, 0.1) is 16.7 Å². The molecule has 1 saturated heterocycles. The Morgan fingerprint density at radius 3 is 2.40 bits per heavy atom. The summed E-state index contributed by atoms with van der Waals surface area (Å²) in [4.78, 5) is 2.35. The first-order chi connectivity index (χ1) is 9.74. The molecule has 1 aliphatic carbocycles. The van der Waals surface area contributed by atoms with Crippen LogP contribution >= 0.6 is 11.6 Å². The SMILES string of the molecule is N#Cc1c(Cl)cccc1N1CCC2(CCCCC2)CC1. The van der Waals surface area contributed by atoms with Crippen LogP contribution in [0.3, 0.4) is 0 Å². The van der Waals surface area contributed by atoms with Gasteiger partial charge in [0.15, 0.2) is 0 Å². The molecule has 0 aromatic heterocycles. The maximum atomic E-state index is 9.31. The van der Waals surface area contributed by atoms with Crippen LogP contribution in [0.25, 0.3) is 0 Å². The number of benzene rings is 1. The van der Waals surface area contributed by atoms with E-state index in [0.717, 1.165) is 18.8 Å². The van der Waals surface area contributed by atoms with Gasteiger partial charge in [0.25, 0.3) is 0 Å². The Hall–Kier alpha value is -1.20. The van der Waals surface area contributed by atoms with E-state index >= 15 is 0 Å². The van der Waals surface area contributed by atoms with Crippen LogP contribution in [0.5, 0.6) is 0 Å². The maximum Gasteiger partial charge on any atom is 0.103 e. The van der Waals surface area contributed by atoms with Gasteiger partial charge in [-0.15, -0.1) is 0 Å². The van der Waals surface area contributed by atoms with Crippen LogP contribution in [0.4, 0.5) is 5.69 Å². The van der Waals surface area contributed by atoms with Crippen molar-refractivity contribution in [1.29, 1.82) is 5.26 Å². The minimum absolute atomic E-state index is 0.572. The molecule has 2 aliphatic rings. The second kappa shape index (κ2) is 5.66. The van der Waals surface area contributed by atoms with Crippen molar-refractivity contribution < 1.29 is 0 Å². The second-order valence-electron chi connectivity index (χ2n) is 6.29. The van der Waals surface area contributed by atoms with Crippen LogP contribution in [-0.4, -0.2) is 13.1 Å². The van der Waals surface area contributed by atoms with Gasteiger partial charge >= 0.3 is 0 Å². The highest BCUT2D eigenvalue weighted by Gasteiger charge is 2.35. The van der Waals surface area contributed by atoms with Crippen molar-refractivity contribution in [2.45, 2.75) is 44.9 Å². The molecule has 3 rings (SSSR count). The van der Waals surface area contributed by atoms with Crippen molar-refractivity contribution in [3.05, 3.63) is 28.8 Å². The van der Waals surface area contributed by atoms with E-state index in [1.54, 1.807) is 6.07 Å². The summed E-state index contributed by atoms with van der Waals surface area (Å²) in [5, 5.41) is 9.88. The molecule has 1 saturated carbocycles. The van der Waals surface area contributed by atoms with Gasteiger partial charge in [0, 0.05) is 13.1 Å². The smallest absolute Gasteiger partial charge is 0.103 e. The zero-order valence-electron chi connectivity index (χ0n) is 11.9. The predicted molar refractivity (Wildman–Crippen MR) is 83.1 cm³/mol. The zero-order chi connectivity index (χ0) is 14.0. The molecule has 3 heteroatoms. The molecule has 0 unspecified atom stereocenters. The van der Waals surface area contributed by atoms with E-state index in [1.807, 2.05) is 12.1 Å². The number of nitriles is 1. The highest BCUT2D eigenvalue weighted by Crippen LogP contribution is 2.45. The summed E-state index contributed by atoms with van der Waals surface area (Å²) in [7, 11) is 0. The van der Waals surface area contributed by atoms with Gasteiger partial charge in [0.05, 0.1) is 16.3 Å². The van der Waals surface area contributed by atoms with E-state index in [0.29, 0.717) is 16.0 Å². The average molecular weight is 289 g/mol. The lowest BCUT2D eigenvalue weighted by Crippen LogP contribution is -2.41. The lowest BCUT2D eigenvalue weighted by Gasteiger charge is -2.45. The first kappa shape index (κ1) is 13.8. The molecule has 0 bridgehead atoms. The lowest BCUT2D eigenvalue weighted by atomic mass is 9.68. The molecule has 2 fully saturated rings. The largest absolute Gasteiger partial charge is 0.370 e. The molecule has 0 N–H and O–H groups in total. The van der Waals surface area contributed by atoms with Gasteiger partial charge in [-0.2, -0.15) is 5.26 Å². The lowest BCUT2D eigenvalue weighted by molar-refractivity contribution is 0.144. The van der Waals surface area contributed by atoms with Gasteiger partial charge in [0.2, 0.25) is 0 Å². The Labute approximate surface area is 126 Å². The van der Waals surface area contributed by atoms with Crippen molar-refractivity contribution >= 4 is 17.3 Å². The summed E-state index contributed by atoms with van der Waals surface area (Å²) in [5.74, 6) is 0. The molecule has 1 aromatic carbocycles. The van der Waals surface area contributed by atoms with Crippen molar-refractivity contribution in [1.82, 2.24) is 0 Å². The Morgan fingerprint density at radius 2 is 1.75 bits per heavy atom. The molecule has 2 nitrogen and oxygen atoms in total. The Morgan fingerprint density at radius 1 is 1.05 bits per heavy atom. The number of anilines is 1. The predicted octanol–water partition coefficient (Wildman–Crippen LogP) is 4.76. The fourth-order valence-electron chi connectivity index (χ4n) is 3.91. The van der Waals surface area contributed by atoms with Gasteiger partial charge in [-0.05, 0) is 43.2 Å². The molecule has 1 heterocycles. The topological polar surface area (TPSA) is 27.0 Å². The third kappa shape index (κ3) is 2.52. The molecule has 1 aliphatic heterocycles. The Bertz CT molecular complexity index is 516. The number of rotatable bonds is 1. The van der Waals surface area contributed by atoms with Crippen LogP contribution < -0.4 is 4.90 Å². The normalized spacial score (nSPS) is 21.7. The average Bonchev–Trinajstić information content (AvgIpc) is 2.49. The fraction of sp³-hybridized carbons (Fsp3) is 0.588. The summed E-state index contributed by atoms with van der Waals surface area (Å²) in [6, 6.07) is 8.04. The van der Waals surface area contributed by atoms with Crippen molar-refractivity contribution in [3.8, 4) is 6.07 Å². The first-order valence-electron chi connectivity index (χ1n) is 7.68. The first-order valence-corrected chi connectivity index (χ1v) is 8.05. The Kier molecular flexibility index (Phi) is 3.89. The molecular weight excluding hydrogens is 268 g/mol. The number of hydrogen-bond acceptors (Lipinski definition) is 2. The minimum atomic E-state index is 0.572. The monoisotopic (exact) mass is 288 g/mol. The van der Waals surface area contributed by atoms with E-state index in [2.05, 4.69) is 11.0 Å². The van der Waals surface area contributed by atoms with Crippen molar-refractivity contribution in [2.75, 3.05) is 18.0 Å². The molecule has 106 valence electrons. The number of piperidine rings is 1. The van der Waals surface area contributed by atoms with Gasteiger partial charge in [0.1, 0.15) is 6.07 Å². The van der Waals surface area contributed by atoms with E-state index in [1.165, 1.54) is 44.9 Å².